The van der Waals surface area contributed by atoms with Gasteiger partial charge < -0.3 is 10.1 Å². The van der Waals surface area contributed by atoms with Crippen molar-refractivity contribution in [1.82, 2.24) is 14.9 Å². The first-order valence-corrected chi connectivity index (χ1v) is 10.2. The molecule has 0 radical (unpaired) electrons. The number of amides is 1. The highest BCUT2D eigenvalue weighted by molar-refractivity contribution is 7.14. The third kappa shape index (κ3) is 4.37. The predicted octanol–water partition coefficient (Wildman–Crippen LogP) is 3.08. The summed E-state index contributed by atoms with van der Waals surface area (Å²) in [7, 11) is 0. The van der Waals surface area contributed by atoms with Gasteiger partial charge >= 0.3 is 5.97 Å². The molecule has 0 bridgehead atoms. The number of nitrogens with zero attached hydrogens (tertiary/aromatic N) is 2. The summed E-state index contributed by atoms with van der Waals surface area (Å²) in [6.07, 6.45) is 1.70. The molecule has 0 fully saturated rings. The van der Waals surface area contributed by atoms with Crippen LogP contribution in [-0.4, -0.2) is 40.4 Å². The maximum Gasteiger partial charge on any atom is 0.325 e. The average Bonchev–Trinajstić information content (AvgIpc) is 3.39. The van der Waals surface area contributed by atoms with Crippen LogP contribution in [0.5, 0.6) is 0 Å². The lowest BCUT2D eigenvalue weighted by atomic mass is 10.1. The molecule has 0 aliphatic carbocycles. The van der Waals surface area contributed by atoms with Gasteiger partial charge in [-0.3, -0.25) is 19.0 Å². The van der Waals surface area contributed by atoms with E-state index in [0.29, 0.717) is 10.4 Å². The van der Waals surface area contributed by atoms with E-state index in [-0.39, 0.29) is 24.8 Å². The molecule has 0 saturated carbocycles. The minimum atomic E-state index is -0.663. The Kier molecular flexibility index (Phi) is 6.05. The standard InChI is InChI=1S/C19H19N3O4S2/c1-11-8-14(13(3)22(11)19-20-6-7-27-19)15(23)10-26-17(24)9-21-18(25)16-5-4-12(2)28-16/h4-8H,9-10H2,1-3H3,(H,21,25). The normalized spacial score (nSPS) is 10.7. The smallest absolute Gasteiger partial charge is 0.325 e. The molecule has 0 unspecified atom stereocenters. The molecule has 1 N–H and O–H groups in total. The van der Waals surface area contributed by atoms with Crippen LogP contribution >= 0.6 is 22.7 Å². The van der Waals surface area contributed by atoms with E-state index in [1.54, 1.807) is 18.3 Å². The van der Waals surface area contributed by atoms with Gasteiger partial charge in [-0.15, -0.1) is 22.7 Å². The van der Waals surface area contributed by atoms with Crippen LogP contribution in [0.4, 0.5) is 0 Å². The lowest BCUT2D eigenvalue weighted by Gasteiger charge is -2.07. The molecule has 1 amide bonds. The molecule has 0 saturated heterocycles. The molecule has 0 aliphatic heterocycles. The molecular formula is C19H19N3O4S2. The number of ketones is 1. The summed E-state index contributed by atoms with van der Waals surface area (Å²) in [6.45, 7) is 4.94. The monoisotopic (exact) mass is 417 g/mol. The summed E-state index contributed by atoms with van der Waals surface area (Å²) in [5, 5.41) is 5.13. The molecular weight excluding hydrogens is 398 g/mol. The second kappa shape index (κ2) is 8.49. The van der Waals surface area contributed by atoms with Crippen molar-refractivity contribution < 1.29 is 19.1 Å². The minimum absolute atomic E-state index is 0.290. The number of nitrogens with one attached hydrogen (secondary N) is 1. The summed E-state index contributed by atoms with van der Waals surface area (Å²) in [4.78, 5) is 42.1. The second-order valence-electron chi connectivity index (χ2n) is 6.11. The van der Waals surface area contributed by atoms with Crippen molar-refractivity contribution in [3.63, 3.8) is 0 Å². The topological polar surface area (TPSA) is 90.3 Å². The van der Waals surface area contributed by atoms with Gasteiger partial charge in [-0.05, 0) is 39.0 Å². The SMILES string of the molecule is Cc1ccc(C(=O)NCC(=O)OCC(=O)c2cc(C)n(-c3nccs3)c2C)s1. The molecule has 0 aliphatic rings. The highest BCUT2D eigenvalue weighted by Crippen LogP contribution is 2.22. The summed E-state index contributed by atoms with van der Waals surface area (Å²) in [6, 6.07) is 5.29. The number of thiophene rings is 1. The summed E-state index contributed by atoms with van der Waals surface area (Å²) in [5.41, 5.74) is 2.11. The zero-order chi connectivity index (χ0) is 20.3. The Hall–Kier alpha value is -2.78. The van der Waals surface area contributed by atoms with E-state index in [2.05, 4.69) is 10.3 Å². The largest absolute Gasteiger partial charge is 0.456 e. The van der Waals surface area contributed by atoms with Crippen LogP contribution in [0.2, 0.25) is 0 Å². The van der Waals surface area contributed by atoms with E-state index in [9.17, 15) is 14.4 Å². The number of esters is 1. The average molecular weight is 418 g/mol. The number of thiazole rings is 1. The highest BCUT2D eigenvalue weighted by Gasteiger charge is 2.19. The molecule has 7 nitrogen and oxygen atoms in total. The number of Topliss-reactive ketones (excluding diaryl/α,β-unsaturated/α-hetero) is 1. The Morgan fingerprint density at radius 2 is 2.00 bits per heavy atom. The fourth-order valence-electron chi connectivity index (χ4n) is 2.74. The van der Waals surface area contributed by atoms with Gasteiger partial charge in [0, 0.05) is 33.4 Å². The summed E-state index contributed by atoms with van der Waals surface area (Å²) < 4.78 is 6.91. The van der Waals surface area contributed by atoms with E-state index in [1.165, 1.54) is 22.7 Å². The molecule has 3 aromatic heterocycles. The van der Waals surface area contributed by atoms with Crippen LogP contribution in [0.3, 0.4) is 0 Å². The number of ether oxygens (including phenoxy) is 1. The highest BCUT2D eigenvalue weighted by atomic mass is 32.1. The van der Waals surface area contributed by atoms with Gasteiger partial charge in [0.2, 0.25) is 5.78 Å². The van der Waals surface area contributed by atoms with Gasteiger partial charge in [-0.2, -0.15) is 0 Å². The van der Waals surface area contributed by atoms with Gasteiger partial charge in [-0.25, -0.2) is 4.98 Å². The van der Waals surface area contributed by atoms with Gasteiger partial charge in [0.15, 0.2) is 11.7 Å². The lowest BCUT2D eigenvalue weighted by Crippen LogP contribution is -2.31. The van der Waals surface area contributed by atoms with Gasteiger partial charge in [0.05, 0.1) is 4.88 Å². The van der Waals surface area contributed by atoms with Gasteiger partial charge in [0.1, 0.15) is 6.54 Å². The Labute approximate surface area is 170 Å². The molecule has 0 spiro atoms. The number of carbonyl (C=O) groups is 3. The Morgan fingerprint density at radius 3 is 2.64 bits per heavy atom. The number of aromatic nitrogens is 2. The fraction of sp³-hybridized carbons (Fsp3) is 0.263. The number of hydrogen-bond acceptors (Lipinski definition) is 7. The van der Waals surface area contributed by atoms with Crippen LogP contribution < -0.4 is 5.32 Å². The van der Waals surface area contributed by atoms with E-state index in [1.807, 2.05) is 36.8 Å². The Morgan fingerprint density at radius 1 is 1.21 bits per heavy atom. The lowest BCUT2D eigenvalue weighted by molar-refractivity contribution is -0.141. The molecule has 0 atom stereocenters. The van der Waals surface area contributed by atoms with Crippen molar-refractivity contribution in [2.24, 2.45) is 0 Å². The molecule has 146 valence electrons. The molecule has 9 heteroatoms. The summed E-state index contributed by atoms with van der Waals surface area (Å²) in [5.74, 6) is -1.30. The van der Waals surface area contributed by atoms with Crippen LogP contribution in [0, 0.1) is 20.8 Å². The van der Waals surface area contributed by atoms with Crippen LogP contribution in [0.25, 0.3) is 5.13 Å². The third-order valence-electron chi connectivity index (χ3n) is 4.06. The quantitative estimate of drug-likeness (QED) is 0.471. The second-order valence-corrected chi connectivity index (χ2v) is 8.27. The predicted molar refractivity (Wildman–Crippen MR) is 108 cm³/mol. The first-order chi connectivity index (χ1) is 13.4. The van der Waals surface area contributed by atoms with Crippen molar-refractivity contribution in [3.05, 3.63) is 56.5 Å². The van der Waals surface area contributed by atoms with Crippen molar-refractivity contribution in [1.29, 1.82) is 0 Å². The first kappa shape index (κ1) is 20.0. The van der Waals surface area contributed by atoms with Gasteiger partial charge in [-0.1, -0.05) is 0 Å². The molecule has 3 aromatic rings. The maximum absolute atomic E-state index is 12.5. The summed E-state index contributed by atoms with van der Waals surface area (Å²) >= 11 is 2.81. The van der Waals surface area contributed by atoms with E-state index in [4.69, 9.17) is 4.74 Å². The minimum Gasteiger partial charge on any atom is -0.456 e. The van der Waals surface area contributed by atoms with Gasteiger partial charge in [0.25, 0.3) is 5.91 Å². The Balaban J connectivity index is 1.55. The van der Waals surface area contributed by atoms with Crippen molar-refractivity contribution in [3.8, 4) is 5.13 Å². The van der Waals surface area contributed by atoms with Crippen molar-refractivity contribution >= 4 is 40.3 Å². The zero-order valence-corrected chi connectivity index (χ0v) is 17.3. The molecule has 3 rings (SSSR count). The number of hydrogen-bond donors (Lipinski definition) is 1. The van der Waals surface area contributed by atoms with Crippen molar-refractivity contribution in [2.75, 3.05) is 13.2 Å². The number of aryl methyl sites for hydroxylation is 2. The first-order valence-electron chi connectivity index (χ1n) is 8.49. The third-order valence-corrected chi connectivity index (χ3v) is 5.82. The van der Waals surface area contributed by atoms with Crippen LogP contribution in [-0.2, 0) is 9.53 Å². The maximum atomic E-state index is 12.5. The van der Waals surface area contributed by atoms with Crippen LogP contribution in [0.15, 0.2) is 29.8 Å². The zero-order valence-electron chi connectivity index (χ0n) is 15.6. The molecule has 28 heavy (non-hydrogen) atoms. The van der Waals surface area contributed by atoms with Crippen LogP contribution in [0.1, 0.15) is 36.3 Å². The number of carbonyl (C=O) groups excluding carboxylic acids is 3. The molecule has 0 aromatic carbocycles. The van der Waals surface area contributed by atoms with E-state index >= 15 is 0 Å². The van der Waals surface area contributed by atoms with E-state index in [0.717, 1.165) is 21.4 Å². The molecule has 3 heterocycles. The number of rotatable bonds is 7. The van der Waals surface area contributed by atoms with E-state index < -0.39 is 5.97 Å². The Bertz CT molecular complexity index is 1020. The fourth-order valence-corrected chi connectivity index (χ4v) is 4.27. The van der Waals surface area contributed by atoms with Crippen molar-refractivity contribution in [2.45, 2.75) is 20.8 Å².